The molecule has 1 saturated heterocycles. The molecule has 3 rings (SSSR count). The Morgan fingerprint density at radius 1 is 1.20 bits per heavy atom. The molecule has 2 N–H and O–H groups in total. The Balaban J connectivity index is 1.38. The monoisotopic (exact) mass is 427 g/mol. The van der Waals surface area contributed by atoms with E-state index >= 15 is 0 Å². The predicted octanol–water partition coefficient (Wildman–Crippen LogP) is 4.06. The zero-order valence-electron chi connectivity index (χ0n) is 18.9. The smallest absolute Gasteiger partial charge is 0.191 e. The summed E-state index contributed by atoms with van der Waals surface area (Å²) in [6.45, 7) is 11.8. The Bertz CT molecular complexity index is 791. The molecule has 1 aliphatic rings. The van der Waals surface area contributed by atoms with Gasteiger partial charge in [0, 0.05) is 37.5 Å². The fourth-order valence-corrected chi connectivity index (χ4v) is 4.66. The summed E-state index contributed by atoms with van der Waals surface area (Å²) in [5.74, 6) is 1.60. The van der Waals surface area contributed by atoms with E-state index in [2.05, 4.69) is 77.0 Å². The number of hydrogen-bond donors (Lipinski definition) is 2. The molecule has 0 spiro atoms. The summed E-state index contributed by atoms with van der Waals surface area (Å²) in [4.78, 5) is 11.7. The van der Waals surface area contributed by atoms with Gasteiger partial charge in [-0.1, -0.05) is 51.1 Å². The van der Waals surface area contributed by atoms with E-state index in [9.17, 15) is 0 Å². The van der Waals surface area contributed by atoms with Crippen LogP contribution in [0.1, 0.15) is 49.9 Å². The van der Waals surface area contributed by atoms with Crippen molar-refractivity contribution in [2.24, 2.45) is 10.9 Å². The van der Waals surface area contributed by atoms with Gasteiger partial charge in [0.15, 0.2) is 5.96 Å². The standard InChI is InChI=1S/C24H37N5S/c1-5-22-28-21(17-30-22)16-29-13-11-19(12-14-29)15-26-23(25-4)27-18-24(2,3)20-9-7-6-8-10-20/h6-10,17,19H,5,11-16,18H2,1-4H3,(H2,25,26,27). The molecule has 0 atom stereocenters. The molecule has 164 valence electrons. The van der Waals surface area contributed by atoms with Crippen LogP contribution in [0.25, 0.3) is 0 Å². The minimum atomic E-state index is 0.0531. The first-order chi connectivity index (χ1) is 14.5. The number of rotatable bonds is 8. The van der Waals surface area contributed by atoms with E-state index in [1.54, 1.807) is 11.3 Å². The van der Waals surface area contributed by atoms with Gasteiger partial charge in [-0.25, -0.2) is 4.98 Å². The molecule has 0 amide bonds. The van der Waals surface area contributed by atoms with Crippen molar-refractivity contribution in [3.63, 3.8) is 0 Å². The Hall–Kier alpha value is -1.92. The first kappa shape index (κ1) is 22.8. The predicted molar refractivity (Wildman–Crippen MR) is 128 cm³/mol. The lowest BCUT2D eigenvalue weighted by Gasteiger charge is -2.32. The molecule has 0 aliphatic carbocycles. The van der Waals surface area contributed by atoms with Crippen molar-refractivity contribution in [2.45, 2.75) is 52.0 Å². The zero-order chi connectivity index (χ0) is 21.4. The minimum absolute atomic E-state index is 0.0531. The van der Waals surface area contributed by atoms with Crippen LogP contribution in [0, 0.1) is 5.92 Å². The second kappa shape index (κ2) is 10.9. The average Bonchev–Trinajstić information content (AvgIpc) is 3.23. The molecule has 5 nitrogen and oxygen atoms in total. The highest BCUT2D eigenvalue weighted by Gasteiger charge is 2.22. The van der Waals surface area contributed by atoms with Gasteiger partial charge in [0.2, 0.25) is 0 Å². The van der Waals surface area contributed by atoms with Crippen LogP contribution in [0.4, 0.5) is 0 Å². The van der Waals surface area contributed by atoms with Gasteiger partial charge in [0.1, 0.15) is 0 Å². The molecule has 6 heteroatoms. The van der Waals surface area contributed by atoms with Gasteiger partial charge in [0.05, 0.1) is 10.7 Å². The molecule has 1 aromatic heterocycles. The van der Waals surface area contributed by atoms with Crippen LogP contribution in [0.15, 0.2) is 40.7 Å². The number of guanidine groups is 1. The first-order valence-electron chi connectivity index (χ1n) is 11.2. The minimum Gasteiger partial charge on any atom is -0.356 e. The van der Waals surface area contributed by atoms with Crippen molar-refractivity contribution in [1.29, 1.82) is 0 Å². The van der Waals surface area contributed by atoms with Crippen LogP contribution < -0.4 is 10.6 Å². The molecule has 0 radical (unpaired) electrons. The largest absolute Gasteiger partial charge is 0.356 e. The van der Waals surface area contributed by atoms with Gasteiger partial charge in [-0.3, -0.25) is 9.89 Å². The number of likely N-dealkylation sites (tertiary alicyclic amines) is 1. The maximum Gasteiger partial charge on any atom is 0.191 e. The van der Waals surface area contributed by atoms with Gasteiger partial charge in [-0.2, -0.15) is 0 Å². The van der Waals surface area contributed by atoms with E-state index in [1.807, 2.05) is 7.05 Å². The number of piperidine rings is 1. The van der Waals surface area contributed by atoms with Gasteiger partial charge in [0.25, 0.3) is 0 Å². The van der Waals surface area contributed by atoms with E-state index in [1.165, 1.54) is 29.1 Å². The third kappa shape index (κ3) is 6.54. The fraction of sp³-hybridized carbons (Fsp3) is 0.583. The van der Waals surface area contributed by atoms with E-state index < -0.39 is 0 Å². The third-order valence-electron chi connectivity index (χ3n) is 6.03. The second-order valence-electron chi connectivity index (χ2n) is 8.86. The third-order valence-corrected chi connectivity index (χ3v) is 7.07. The number of hydrogen-bond acceptors (Lipinski definition) is 4. The molecule has 0 saturated carbocycles. The van der Waals surface area contributed by atoms with Crippen molar-refractivity contribution < 1.29 is 0 Å². The van der Waals surface area contributed by atoms with Crippen molar-refractivity contribution >= 4 is 17.3 Å². The van der Waals surface area contributed by atoms with Crippen molar-refractivity contribution in [1.82, 2.24) is 20.5 Å². The van der Waals surface area contributed by atoms with Crippen molar-refractivity contribution in [2.75, 3.05) is 33.2 Å². The van der Waals surface area contributed by atoms with Crippen LogP contribution in [-0.2, 0) is 18.4 Å². The lowest BCUT2D eigenvalue weighted by Crippen LogP contribution is -2.46. The number of aliphatic imine (C=N–C) groups is 1. The number of benzene rings is 1. The van der Waals surface area contributed by atoms with E-state index in [-0.39, 0.29) is 5.41 Å². The summed E-state index contributed by atoms with van der Waals surface area (Å²) in [5.41, 5.74) is 2.63. The second-order valence-corrected chi connectivity index (χ2v) is 9.80. The van der Waals surface area contributed by atoms with Gasteiger partial charge < -0.3 is 10.6 Å². The van der Waals surface area contributed by atoms with E-state index in [0.29, 0.717) is 5.92 Å². The number of aromatic nitrogens is 1. The van der Waals surface area contributed by atoms with Crippen LogP contribution in [0.5, 0.6) is 0 Å². The summed E-state index contributed by atoms with van der Waals surface area (Å²) in [5, 5.41) is 10.5. The Morgan fingerprint density at radius 2 is 1.93 bits per heavy atom. The Kier molecular flexibility index (Phi) is 8.28. The number of thiazole rings is 1. The summed E-state index contributed by atoms with van der Waals surface area (Å²) >= 11 is 1.79. The highest BCUT2D eigenvalue weighted by atomic mass is 32.1. The van der Waals surface area contributed by atoms with E-state index in [4.69, 9.17) is 4.98 Å². The molecule has 0 unspecified atom stereocenters. The molecule has 2 aromatic rings. The van der Waals surface area contributed by atoms with E-state index in [0.717, 1.165) is 45.1 Å². The molecule has 0 bridgehead atoms. The van der Waals surface area contributed by atoms with Crippen LogP contribution in [-0.4, -0.2) is 49.1 Å². The molecule has 1 fully saturated rings. The molecule has 1 aliphatic heterocycles. The normalized spacial score (nSPS) is 16.6. The maximum absolute atomic E-state index is 4.72. The van der Waals surface area contributed by atoms with Crippen LogP contribution in [0.3, 0.4) is 0 Å². The maximum atomic E-state index is 4.72. The summed E-state index contributed by atoms with van der Waals surface area (Å²) in [6.07, 6.45) is 3.49. The van der Waals surface area contributed by atoms with Crippen LogP contribution in [0.2, 0.25) is 0 Å². The molecule has 2 heterocycles. The molecule has 1 aromatic carbocycles. The summed E-state index contributed by atoms with van der Waals surface area (Å²) in [6, 6.07) is 10.7. The number of nitrogens with zero attached hydrogens (tertiary/aromatic N) is 3. The average molecular weight is 428 g/mol. The topological polar surface area (TPSA) is 52.6 Å². The first-order valence-corrected chi connectivity index (χ1v) is 12.0. The molecule has 30 heavy (non-hydrogen) atoms. The lowest BCUT2D eigenvalue weighted by atomic mass is 9.85. The quantitative estimate of drug-likeness (QED) is 0.493. The van der Waals surface area contributed by atoms with Gasteiger partial charge in [-0.15, -0.1) is 11.3 Å². The van der Waals surface area contributed by atoms with Gasteiger partial charge in [-0.05, 0) is 43.8 Å². The fourth-order valence-electron chi connectivity index (χ4n) is 3.92. The lowest BCUT2D eigenvalue weighted by molar-refractivity contribution is 0.176. The molecular formula is C24H37N5S. The van der Waals surface area contributed by atoms with Gasteiger partial charge >= 0.3 is 0 Å². The van der Waals surface area contributed by atoms with Crippen molar-refractivity contribution in [3.05, 3.63) is 52.0 Å². The molecular weight excluding hydrogens is 390 g/mol. The summed E-state index contributed by atoms with van der Waals surface area (Å²) < 4.78 is 0. The highest BCUT2D eigenvalue weighted by molar-refractivity contribution is 7.09. The SMILES string of the molecule is CCc1nc(CN2CCC(CNC(=NC)NCC(C)(C)c3ccccc3)CC2)cs1. The number of nitrogens with one attached hydrogen (secondary N) is 2. The zero-order valence-corrected chi connectivity index (χ0v) is 19.8. The Morgan fingerprint density at radius 3 is 2.57 bits per heavy atom. The summed E-state index contributed by atoms with van der Waals surface area (Å²) in [7, 11) is 1.85. The highest BCUT2D eigenvalue weighted by Crippen LogP contribution is 2.22. The Labute approximate surface area is 186 Å². The van der Waals surface area contributed by atoms with Crippen LogP contribution >= 0.6 is 11.3 Å². The number of aryl methyl sites for hydroxylation is 1. The van der Waals surface area contributed by atoms with Crippen molar-refractivity contribution in [3.8, 4) is 0 Å².